The standard InChI is InChI=1S/C9H7FOS/c10-4-6-5-12-9-3-7(11)1-2-8(6)9/h1-3,5,11H,4H2. The van der Waals surface area contributed by atoms with Gasteiger partial charge >= 0.3 is 0 Å². The van der Waals surface area contributed by atoms with Gasteiger partial charge in [-0.2, -0.15) is 0 Å². The molecule has 12 heavy (non-hydrogen) atoms. The van der Waals surface area contributed by atoms with Crippen LogP contribution >= 0.6 is 11.3 Å². The van der Waals surface area contributed by atoms with Gasteiger partial charge in [-0.15, -0.1) is 11.3 Å². The minimum absolute atomic E-state index is 0.231. The molecule has 0 unspecified atom stereocenters. The molecule has 0 aliphatic carbocycles. The number of thiophene rings is 1. The van der Waals surface area contributed by atoms with Crippen molar-refractivity contribution in [2.75, 3.05) is 0 Å². The van der Waals surface area contributed by atoms with Crippen LogP contribution in [0.4, 0.5) is 4.39 Å². The molecule has 62 valence electrons. The lowest BCUT2D eigenvalue weighted by molar-refractivity contribution is 0.476. The molecule has 1 aromatic heterocycles. The van der Waals surface area contributed by atoms with Crippen LogP contribution in [-0.2, 0) is 6.67 Å². The monoisotopic (exact) mass is 182 g/mol. The third-order valence-corrected chi connectivity index (χ3v) is 2.78. The van der Waals surface area contributed by atoms with Gasteiger partial charge in [0.1, 0.15) is 12.4 Å². The van der Waals surface area contributed by atoms with E-state index in [4.69, 9.17) is 5.11 Å². The maximum atomic E-state index is 12.3. The summed E-state index contributed by atoms with van der Waals surface area (Å²) in [6, 6.07) is 4.98. The topological polar surface area (TPSA) is 20.2 Å². The molecule has 1 aromatic carbocycles. The van der Waals surface area contributed by atoms with E-state index in [0.717, 1.165) is 10.1 Å². The molecule has 0 spiro atoms. The Balaban J connectivity index is 2.73. The molecular weight excluding hydrogens is 175 g/mol. The lowest BCUT2D eigenvalue weighted by atomic mass is 10.2. The lowest BCUT2D eigenvalue weighted by Gasteiger charge is -1.93. The zero-order valence-electron chi connectivity index (χ0n) is 6.25. The summed E-state index contributed by atoms with van der Waals surface area (Å²) in [5.74, 6) is 0.231. The molecule has 2 rings (SSSR count). The van der Waals surface area contributed by atoms with Gasteiger partial charge in [-0.1, -0.05) is 0 Å². The quantitative estimate of drug-likeness (QED) is 0.718. The summed E-state index contributed by atoms with van der Waals surface area (Å²) in [7, 11) is 0. The fourth-order valence-electron chi connectivity index (χ4n) is 1.18. The summed E-state index contributed by atoms with van der Waals surface area (Å²) in [5.41, 5.74) is 0.704. The SMILES string of the molecule is Oc1ccc2c(CF)csc2c1. The van der Waals surface area contributed by atoms with Gasteiger partial charge in [0.15, 0.2) is 0 Å². The average Bonchev–Trinajstić information content (AvgIpc) is 2.46. The number of alkyl halides is 1. The molecule has 0 bridgehead atoms. The molecule has 1 N–H and O–H groups in total. The molecule has 2 aromatic rings. The van der Waals surface area contributed by atoms with Crippen molar-refractivity contribution in [2.24, 2.45) is 0 Å². The predicted molar refractivity (Wildman–Crippen MR) is 48.3 cm³/mol. The molecular formula is C9H7FOS. The van der Waals surface area contributed by atoms with E-state index in [1.807, 2.05) is 0 Å². The number of halogens is 1. The average molecular weight is 182 g/mol. The van der Waals surface area contributed by atoms with Crippen molar-refractivity contribution >= 4 is 21.4 Å². The van der Waals surface area contributed by atoms with E-state index in [-0.39, 0.29) is 5.75 Å². The van der Waals surface area contributed by atoms with Crippen LogP contribution in [0.3, 0.4) is 0 Å². The van der Waals surface area contributed by atoms with Crippen molar-refractivity contribution in [2.45, 2.75) is 6.67 Å². The zero-order chi connectivity index (χ0) is 8.55. The highest BCUT2D eigenvalue weighted by molar-refractivity contribution is 7.17. The summed E-state index contributed by atoms with van der Waals surface area (Å²) >= 11 is 1.45. The number of phenolic OH excluding ortho intramolecular Hbond substituents is 1. The lowest BCUT2D eigenvalue weighted by Crippen LogP contribution is -1.72. The van der Waals surface area contributed by atoms with Crippen molar-refractivity contribution in [3.8, 4) is 5.75 Å². The van der Waals surface area contributed by atoms with Gasteiger partial charge in [-0.3, -0.25) is 0 Å². The normalized spacial score (nSPS) is 10.8. The molecule has 0 radical (unpaired) electrons. The number of phenols is 1. The van der Waals surface area contributed by atoms with Crippen LogP contribution in [0.1, 0.15) is 5.56 Å². The second kappa shape index (κ2) is 2.75. The molecule has 0 atom stereocenters. The summed E-state index contributed by atoms with van der Waals surface area (Å²) in [4.78, 5) is 0. The fraction of sp³-hybridized carbons (Fsp3) is 0.111. The van der Waals surface area contributed by atoms with Gasteiger partial charge in [-0.05, 0) is 29.0 Å². The number of benzene rings is 1. The third-order valence-electron chi connectivity index (χ3n) is 1.78. The van der Waals surface area contributed by atoms with Gasteiger partial charge in [-0.25, -0.2) is 4.39 Å². The highest BCUT2D eigenvalue weighted by atomic mass is 32.1. The van der Waals surface area contributed by atoms with Crippen molar-refractivity contribution in [1.82, 2.24) is 0 Å². The molecule has 0 fully saturated rings. The van der Waals surface area contributed by atoms with E-state index in [1.165, 1.54) is 11.3 Å². The minimum atomic E-state index is -0.440. The fourth-order valence-corrected chi connectivity index (χ4v) is 2.15. The summed E-state index contributed by atoms with van der Waals surface area (Å²) in [6.07, 6.45) is 0. The number of hydrogen-bond acceptors (Lipinski definition) is 2. The highest BCUT2D eigenvalue weighted by Gasteiger charge is 2.03. The smallest absolute Gasteiger partial charge is 0.117 e. The van der Waals surface area contributed by atoms with Gasteiger partial charge in [0, 0.05) is 10.3 Å². The number of hydrogen-bond donors (Lipinski definition) is 1. The van der Waals surface area contributed by atoms with Crippen LogP contribution in [0.25, 0.3) is 10.1 Å². The van der Waals surface area contributed by atoms with Crippen LogP contribution in [-0.4, -0.2) is 5.11 Å². The molecule has 0 saturated heterocycles. The van der Waals surface area contributed by atoms with Gasteiger partial charge in [0.25, 0.3) is 0 Å². The van der Waals surface area contributed by atoms with E-state index in [1.54, 1.807) is 23.6 Å². The summed E-state index contributed by atoms with van der Waals surface area (Å²) in [5, 5.41) is 11.8. The van der Waals surface area contributed by atoms with Crippen molar-refractivity contribution in [1.29, 1.82) is 0 Å². The van der Waals surface area contributed by atoms with E-state index in [9.17, 15) is 4.39 Å². The number of fused-ring (bicyclic) bond motifs is 1. The second-order valence-electron chi connectivity index (χ2n) is 2.58. The van der Waals surface area contributed by atoms with E-state index in [0.29, 0.717) is 5.56 Å². The molecule has 3 heteroatoms. The Labute approximate surface area is 73.1 Å². The van der Waals surface area contributed by atoms with Crippen molar-refractivity contribution < 1.29 is 9.50 Å². The van der Waals surface area contributed by atoms with Crippen LogP contribution in [0.2, 0.25) is 0 Å². The molecule has 1 nitrogen and oxygen atoms in total. The Morgan fingerprint density at radius 2 is 2.25 bits per heavy atom. The zero-order valence-corrected chi connectivity index (χ0v) is 7.07. The highest BCUT2D eigenvalue weighted by Crippen LogP contribution is 2.29. The molecule has 0 saturated carbocycles. The predicted octanol–water partition coefficient (Wildman–Crippen LogP) is 3.08. The first-order chi connectivity index (χ1) is 5.81. The molecule has 1 heterocycles. The Kier molecular flexibility index (Phi) is 1.73. The maximum Gasteiger partial charge on any atom is 0.117 e. The van der Waals surface area contributed by atoms with E-state index < -0.39 is 6.67 Å². The summed E-state index contributed by atoms with van der Waals surface area (Å²) in [6.45, 7) is -0.440. The Morgan fingerprint density at radius 3 is 3.00 bits per heavy atom. The van der Waals surface area contributed by atoms with E-state index >= 15 is 0 Å². The third kappa shape index (κ3) is 1.06. The minimum Gasteiger partial charge on any atom is -0.508 e. The maximum absolute atomic E-state index is 12.3. The van der Waals surface area contributed by atoms with Gasteiger partial charge in [0.2, 0.25) is 0 Å². The first kappa shape index (κ1) is 7.55. The Hall–Kier alpha value is -1.09. The largest absolute Gasteiger partial charge is 0.508 e. The van der Waals surface area contributed by atoms with E-state index in [2.05, 4.69) is 0 Å². The molecule has 0 aliphatic heterocycles. The van der Waals surface area contributed by atoms with Crippen LogP contribution < -0.4 is 0 Å². The number of rotatable bonds is 1. The van der Waals surface area contributed by atoms with Crippen LogP contribution in [0.15, 0.2) is 23.6 Å². The number of aromatic hydroxyl groups is 1. The van der Waals surface area contributed by atoms with Gasteiger partial charge in [0.05, 0.1) is 0 Å². The van der Waals surface area contributed by atoms with Gasteiger partial charge < -0.3 is 5.11 Å². The Morgan fingerprint density at radius 1 is 1.42 bits per heavy atom. The van der Waals surface area contributed by atoms with Crippen LogP contribution in [0, 0.1) is 0 Å². The molecule has 0 amide bonds. The summed E-state index contributed by atoms with van der Waals surface area (Å²) < 4.78 is 13.3. The Bertz CT molecular complexity index is 408. The second-order valence-corrected chi connectivity index (χ2v) is 3.49. The molecule has 0 aliphatic rings. The van der Waals surface area contributed by atoms with Crippen molar-refractivity contribution in [3.05, 3.63) is 29.1 Å². The first-order valence-electron chi connectivity index (χ1n) is 3.56. The first-order valence-corrected chi connectivity index (χ1v) is 4.44. The van der Waals surface area contributed by atoms with Crippen molar-refractivity contribution in [3.63, 3.8) is 0 Å². The van der Waals surface area contributed by atoms with Crippen LogP contribution in [0.5, 0.6) is 5.75 Å².